The van der Waals surface area contributed by atoms with Gasteiger partial charge < -0.3 is 4.57 Å². The smallest absolute Gasteiger partial charge is 0.158 e. The number of rotatable bonds is 8. The molecular weight excluding hydrogens is 292 g/mol. The molecule has 4 nitrogen and oxygen atoms in total. The average molecular weight is 315 g/mol. The molecule has 20 heavy (non-hydrogen) atoms. The number of alkyl halides is 1. The summed E-state index contributed by atoms with van der Waals surface area (Å²) < 4.78 is 4.28. The lowest BCUT2D eigenvalue weighted by Crippen LogP contribution is -2.08. The van der Waals surface area contributed by atoms with Gasteiger partial charge in [0.2, 0.25) is 0 Å². The molecule has 0 spiro atoms. The molecule has 0 atom stereocenters. The summed E-state index contributed by atoms with van der Waals surface area (Å²) in [5, 5.41) is 4.57. The summed E-state index contributed by atoms with van der Waals surface area (Å²) in [6.07, 6.45) is 6.31. The number of aromatic nitrogens is 4. The maximum absolute atomic E-state index is 5.92. The Bertz CT molecular complexity index is 561. The summed E-state index contributed by atoms with van der Waals surface area (Å²) in [5.41, 5.74) is 3.28. The van der Waals surface area contributed by atoms with E-state index in [4.69, 9.17) is 16.6 Å². The predicted octanol–water partition coefficient (Wildman–Crippen LogP) is 3.26. The van der Waals surface area contributed by atoms with Gasteiger partial charge >= 0.3 is 0 Å². The molecular formula is C14H23ClN4S. The maximum atomic E-state index is 5.92. The average Bonchev–Trinajstić information content (AvgIpc) is 2.94. The molecule has 112 valence electrons. The molecule has 0 aromatic carbocycles. The molecule has 0 fully saturated rings. The molecule has 6 heteroatoms. The SMILES string of the molecule is CCc1nn(C)c2c1nc(CCCl)n2CCCCSC. The van der Waals surface area contributed by atoms with Crippen molar-refractivity contribution in [1.82, 2.24) is 19.3 Å². The third-order valence-electron chi connectivity index (χ3n) is 3.50. The van der Waals surface area contributed by atoms with Crippen molar-refractivity contribution >= 4 is 34.5 Å². The van der Waals surface area contributed by atoms with Crippen LogP contribution >= 0.6 is 23.4 Å². The van der Waals surface area contributed by atoms with Crippen LogP contribution in [0.15, 0.2) is 0 Å². The minimum absolute atomic E-state index is 0.614. The fourth-order valence-electron chi connectivity index (χ4n) is 2.55. The zero-order chi connectivity index (χ0) is 14.5. The summed E-state index contributed by atoms with van der Waals surface area (Å²) in [5.74, 6) is 2.93. The van der Waals surface area contributed by atoms with Crippen LogP contribution in [0.1, 0.15) is 31.3 Å². The summed E-state index contributed by atoms with van der Waals surface area (Å²) in [7, 11) is 2.01. The van der Waals surface area contributed by atoms with E-state index in [1.54, 1.807) is 0 Å². The number of thioether (sulfide) groups is 1. The second-order valence-corrected chi connectivity index (χ2v) is 6.28. The Labute approximate surface area is 129 Å². The van der Waals surface area contributed by atoms with Gasteiger partial charge in [0.25, 0.3) is 0 Å². The molecule has 2 rings (SSSR count). The largest absolute Gasteiger partial charge is 0.313 e. The molecule has 0 saturated heterocycles. The summed E-state index contributed by atoms with van der Waals surface area (Å²) >= 11 is 7.82. The van der Waals surface area contributed by atoms with Crippen molar-refractivity contribution in [3.8, 4) is 0 Å². The first-order valence-electron chi connectivity index (χ1n) is 7.18. The van der Waals surface area contributed by atoms with Crippen molar-refractivity contribution in [2.24, 2.45) is 7.05 Å². The van der Waals surface area contributed by atoms with Crippen LogP contribution < -0.4 is 0 Å². The number of nitrogens with zero attached hydrogens (tertiary/aromatic N) is 4. The summed E-state index contributed by atoms with van der Waals surface area (Å²) in [6.45, 7) is 3.13. The van der Waals surface area contributed by atoms with Gasteiger partial charge in [-0.05, 0) is 31.3 Å². The lowest BCUT2D eigenvalue weighted by Gasteiger charge is -2.08. The van der Waals surface area contributed by atoms with E-state index in [9.17, 15) is 0 Å². The fourth-order valence-corrected chi connectivity index (χ4v) is 3.21. The summed E-state index contributed by atoms with van der Waals surface area (Å²) in [6, 6.07) is 0. The van der Waals surface area contributed by atoms with Crippen LogP contribution in [-0.2, 0) is 26.4 Å². The van der Waals surface area contributed by atoms with Crippen LogP contribution in [-0.4, -0.2) is 37.2 Å². The first kappa shape index (κ1) is 15.7. The minimum Gasteiger partial charge on any atom is -0.313 e. The lowest BCUT2D eigenvalue weighted by atomic mass is 10.3. The number of fused-ring (bicyclic) bond motifs is 1. The zero-order valence-corrected chi connectivity index (χ0v) is 14.1. The lowest BCUT2D eigenvalue weighted by molar-refractivity contribution is 0.602. The standard InChI is InChI=1S/C14H23ClN4S/c1-4-11-13-14(18(2)17-11)19(9-5-6-10-20-3)12(16-13)7-8-15/h4-10H2,1-3H3. The predicted molar refractivity (Wildman–Crippen MR) is 87.9 cm³/mol. The number of hydrogen-bond acceptors (Lipinski definition) is 3. The number of halogens is 1. The molecule has 0 saturated carbocycles. The Balaban J connectivity index is 2.32. The number of hydrogen-bond donors (Lipinski definition) is 0. The molecule has 0 radical (unpaired) electrons. The monoisotopic (exact) mass is 314 g/mol. The van der Waals surface area contributed by atoms with Gasteiger partial charge in [-0.2, -0.15) is 16.9 Å². The topological polar surface area (TPSA) is 35.6 Å². The third-order valence-corrected chi connectivity index (χ3v) is 4.39. The highest BCUT2D eigenvalue weighted by atomic mass is 35.5. The first-order chi connectivity index (χ1) is 9.72. The number of imidazole rings is 1. The molecule has 0 aliphatic heterocycles. The van der Waals surface area contributed by atoms with Gasteiger partial charge in [-0.3, -0.25) is 4.68 Å². The van der Waals surface area contributed by atoms with Crippen molar-refractivity contribution in [3.63, 3.8) is 0 Å². The van der Waals surface area contributed by atoms with E-state index in [0.29, 0.717) is 5.88 Å². The van der Waals surface area contributed by atoms with Gasteiger partial charge in [0.15, 0.2) is 5.65 Å². The van der Waals surface area contributed by atoms with Crippen molar-refractivity contribution in [1.29, 1.82) is 0 Å². The van der Waals surface area contributed by atoms with Crippen LogP contribution in [0.25, 0.3) is 11.2 Å². The van der Waals surface area contributed by atoms with Crippen LogP contribution in [0.2, 0.25) is 0 Å². The first-order valence-corrected chi connectivity index (χ1v) is 9.11. The van der Waals surface area contributed by atoms with E-state index < -0.39 is 0 Å². The Morgan fingerprint density at radius 2 is 2.10 bits per heavy atom. The van der Waals surface area contributed by atoms with Crippen molar-refractivity contribution in [3.05, 3.63) is 11.5 Å². The van der Waals surface area contributed by atoms with Crippen LogP contribution in [0.5, 0.6) is 0 Å². The Morgan fingerprint density at radius 3 is 2.75 bits per heavy atom. The normalized spacial score (nSPS) is 11.6. The molecule has 2 aromatic heterocycles. The Morgan fingerprint density at radius 1 is 1.30 bits per heavy atom. The van der Waals surface area contributed by atoms with Crippen molar-refractivity contribution in [2.45, 2.75) is 39.2 Å². The van der Waals surface area contributed by atoms with E-state index in [2.05, 4.69) is 22.8 Å². The molecule has 0 unspecified atom stereocenters. The molecule has 2 aromatic rings. The highest BCUT2D eigenvalue weighted by Gasteiger charge is 2.17. The van der Waals surface area contributed by atoms with Crippen molar-refractivity contribution < 1.29 is 0 Å². The molecule has 0 bridgehead atoms. The summed E-state index contributed by atoms with van der Waals surface area (Å²) in [4.78, 5) is 4.78. The molecule has 0 amide bonds. The number of unbranched alkanes of at least 4 members (excludes halogenated alkanes) is 1. The van der Waals surface area contributed by atoms with E-state index in [-0.39, 0.29) is 0 Å². The van der Waals surface area contributed by atoms with Gasteiger partial charge in [-0.25, -0.2) is 4.98 Å². The van der Waals surface area contributed by atoms with Gasteiger partial charge in [-0.1, -0.05) is 6.92 Å². The Hall–Kier alpha value is -0.680. The van der Waals surface area contributed by atoms with E-state index >= 15 is 0 Å². The second-order valence-electron chi connectivity index (χ2n) is 4.91. The maximum Gasteiger partial charge on any atom is 0.158 e. The molecule has 0 N–H and O–H groups in total. The van der Waals surface area contributed by atoms with Crippen LogP contribution in [0, 0.1) is 0 Å². The van der Waals surface area contributed by atoms with Crippen LogP contribution in [0.4, 0.5) is 0 Å². The molecule has 2 heterocycles. The van der Waals surface area contributed by atoms with E-state index in [1.807, 2.05) is 23.5 Å². The fraction of sp³-hybridized carbons (Fsp3) is 0.714. The van der Waals surface area contributed by atoms with E-state index in [1.165, 1.54) is 18.6 Å². The van der Waals surface area contributed by atoms with Crippen molar-refractivity contribution in [2.75, 3.05) is 17.9 Å². The second kappa shape index (κ2) is 7.36. The Kier molecular flexibility index (Phi) is 5.78. The number of aryl methyl sites for hydroxylation is 4. The van der Waals surface area contributed by atoms with Crippen LogP contribution in [0.3, 0.4) is 0 Å². The quantitative estimate of drug-likeness (QED) is 0.554. The van der Waals surface area contributed by atoms with E-state index in [0.717, 1.165) is 42.1 Å². The molecule has 0 aliphatic rings. The van der Waals surface area contributed by atoms with Gasteiger partial charge in [0.1, 0.15) is 11.3 Å². The minimum atomic E-state index is 0.614. The van der Waals surface area contributed by atoms with Gasteiger partial charge in [0, 0.05) is 25.9 Å². The van der Waals surface area contributed by atoms with Gasteiger partial charge in [-0.15, -0.1) is 11.6 Å². The third kappa shape index (κ3) is 3.14. The molecule has 0 aliphatic carbocycles. The highest BCUT2D eigenvalue weighted by Crippen LogP contribution is 2.21. The zero-order valence-electron chi connectivity index (χ0n) is 12.5. The highest BCUT2D eigenvalue weighted by molar-refractivity contribution is 7.98. The van der Waals surface area contributed by atoms with Gasteiger partial charge in [0.05, 0.1) is 5.69 Å².